The molecule has 0 aromatic carbocycles. The summed E-state index contributed by atoms with van der Waals surface area (Å²) >= 11 is 0. The number of dihydropyridines is 1. The molecule has 1 aromatic rings. The quantitative estimate of drug-likeness (QED) is 0.767. The lowest BCUT2D eigenvalue weighted by Gasteiger charge is -2.26. The van der Waals surface area contributed by atoms with Crippen LogP contribution in [-0.2, 0) is 9.59 Å². The van der Waals surface area contributed by atoms with E-state index >= 15 is 0 Å². The molecule has 0 radical (unpaired) electrons. The summed E-state index contributed by atoms with van der Waals surface area (Å²) in [6, 6.07) is 3.17. The molecule has 0 fully saturated rings. The molecule has 0 atom stereocenters. The number of carboxylic acids is 2. The Bertz CT molecular complexity index is 559. The predicted octanol–water partition coefficient (Wildman–Crippen LogP) is 1.68. The molecule has 6 heteroatoms. The van der Waals surface area contributed by atoms with Crippen LogP contribution in [0.25, 0.3) is 0 Å². The third-order valence-electron chi connectivity index (χ3n) is 3.05. The number of furan rings is 1. The summed E-state index contributed by atoms with van der Waals surface area (Å²) in [5, 5.41) is 21.4. The van der Waals surface area contributed by atoms with Crippen molar-refractivity contribution in [2.24, 2.45) is 0 Å². The zero-order valence-electron chi connectivity index (χ0n) is 10.4. The van der Waals surface area contributed by atoms with E-state index in [2.05, 4.69) is 5.32 Å². The van der Waals surface area contributed by atoms with Crippen LogP contribution in [0.3, 0.4) is 0 Å². The van der Waals surface area contributed by atoms with Gasteiger partial charge in [0.2, 0.25) is 0 Å². The Morgan fingerprint density at radius 1 is 1.16 bits per heavy atom. The van der Waals surface area contributed by atoms with Crippen molar-refractivity contribution in [3.63, 3.8) is 0 Å². The van der Waals surface area contributed by atoms with Crippen LogP contribution < -0.4 is 5.32 Å². The first-order chi connectivity index (χ1) is 8.93. The van der Waals surface area contributed by atoms with Crippen LogP contribution in [0.1, 0.15) is 25.5 Å². The first-order valence-corrected chi connectivity index (χ1v) is 5.62. The minimum absolute atomic E-state index is 0.0158. The van der Waals surface area contributed by atoms with E-state index in [-0.39, 0.29) is 11.1 Å². The summed E-state index contributed by atoms with van der Waals surface area (Å²) in [5.74, 6) is -2.95. The van der Waals surface area contributed by atoms with Crippen LogP contribution in [0, 0.1) is 0 Å². The monoisotopic (exact) mass is 263 g/mol. The van der Waals surface area contributed by atoms with Crippen LogP contribution >= 0.6 is 0 Å². The van der Waals surface area contributed by atoms with E-state index in [0.717, 1.165) is 0 Å². The minimum atomic E-state index is -1.17. The van der Waals surface area contributed by atoms with Gasteiger partial charge in [0.15, 0.2) is 0 Å². The van der Waals surface area contributed by atoms with Gasteiger partial charge in [-0.1, -0.05) is 0 Å². The Hall–Kier alpha value is -2.50. The molecule has 1 aliphatic rings. The lowest BCUT2D eigenvalue weighted by Crippen LogP contribution is -2.30. The molecule has 3 N–H and O–H groups in total. The van der Waals surface area contributed by atoms with Gasteiger partial charge in [0.1, 0.15) is 5.76 Å². The van der Waals surface area contributed by atoms with Gasteiger partial charge in [0.25, 0.3) is 0 Å². The number of rotatable bonds is 3. The number of nitrogens with one attached hydrogen (secondary N) is 1. The van der Waals surface area contributed by atoms with Gasteiger partial charge in [0.05, 0.1) is 23.3 Å². The van der Waals surface area contributed by atoms with Gasteiger partial charge >= 0.3 is 11.9 Å². The lowest BCUT2D eigenvalue weighted by molar-refractivity contribution is -0.133. The summed E-state index contributed by atoms with van der Waals surface area (Å²) in [6.45, 7) is 3.20. The zero-order chi connectivity index (χ0) is 14.2. The Balaban J connectivity index is 2.65. The van der Waals surface area contributed by atoms with Crippen molar-refractivity contribution in [2.45, 2.75) is 19.8 Å². The maximum Gasteiger partial charge on any atom is 0.334 e. The molecule has 1 aliphatic heterocycles. The fourth-order valence-corrected chi connectivity index (χ4v) is 2.30. The minimum Gasteiger partial charge on any atom is -0.478 e. The maximum absolute atomic E-state index is 11.4. The number of aliphatic carboxylic acids is 2. The van der Waals surface area contributed by atoms with Crippen LogP contribution in [-0.4, -0.2) is 22.2 Å². The van der Waals surface area contributed by atoms with Gasteiger partial charge in [-0.3, -0.25) is 0 Å². The zero-order valence-corrected chi connectivity index (χ0v) is 10.4. The summed E-state index contributed by atoms with van der Waals surface area (Å²) < 4.78 is 5.21. The van der Waals surface area contributed by atoms with Gasteiger partial charge in [0, 0.05) is 11.4 Å². The number of carboxylic acid groups (broad SMARTS) is 2. The molecular formula is C13H13NO5. The molecule has 0 bridgehead atoms. The largest absolute Gasteiger partial charge is 0.478 e. The Labute approximate surface area is 109 Å². The molecular weight excluding hydrogens is 250 g/mol. The molecule has 100 valence electrons. The highest BCUT2D eigenvalue weighted by atomic mass is 16.4. The van der Waals surface area contributed by atoms with Crippen molar-refractivity contribution in [2.75, 3.05) is 0 Å². The normalized spacial score (nSPS) is 16.5. The van der Waals surface area contributed by atoms with E-state index in [9.17, 15) is 19.8 Å². The highest BCUT2D eigenvalue weighted by Gasteiger charge is 2.37. The fourth-order valence-electron chi connectivity index (χ4n) is 2.30. The van der Waals surface area contributed by atoms with Crippen molar-refractivity contribution < 1.29 is 24.2 Å². The maximum atomic E-state index is 11.4. The van der Waals surface area contributed by atoms with Gasteiger partial charge < -0.3 is 19.9 Å². The smallest absolute Gasteiger partial charge is 0.334 e. The van der Waals surface area contributed by atoms with Crippen molar-refractivity contribution >= 4 is 11.9 Å². The highest BCUT2D eigenvalue weighted by Crippen LogP contribution is 2.38. The van der Waals surface area contributed by atoms with Gasteiger partial charge in [-0.25, -0.2) is 9.59 Å². The third kappa shape index (κ3) is 2.12. The molecule has 0 amide bonds. The molecule has 6 nitrogen and oxygen atoms in total. The van der Waals surface area contributed by atoms with E-state index in [1.807, 2.05) is 0 Å². The van der Waals surface area contributed by atoms with Crippen molar-refractivity contribution in [3.05, 3.63) is 46.7 Å². The summed E-state index contributed by atoms with van der Waals surface area (Å²) in [5.41, 5.74) is 0.795. The molecule has 1 aromatic heterocycles. The average molecular weight is 263 g/mol. The van der Waals surface area contributed by atoms with Gasteiger partial charge in [-0.05, 0) is 26.0 Å². The SMILES string of the molecule is CC1=C(C(=O)O)C(c2ccco2)C(C(=O)O)=C(C)N1. The van der Waals surface area contributed by atoms with Gasteiger partial charge in [-0.15, -0.1) is 0 Å². The Kier molecular flexibility index (Phi) is 3.16. The first-order valence-electron chi connectivity index (χ1n) is 5.62. The summed E-state index contributed by atoms with van der Waals surface area (Å²) in [4.78, 5) is 22.8. The average Bonchev–Trinajstić information content (AvgIpc) is 2.79. The van der Waals surface area contributed by atoms with E-state index in [1.54, 1.807) is 26.0 Å². The number of hydrogen-bond acceptors (Lipinski definition) is 4. The van der Waals surface area contributed by atoms with Gasteiger partial charge in [-0.2, -0.15) is 0 Å². The first kappa shape index (κ1) is 12.9. The third-order valence-corrected chi connectivity index (χ3v) is 3.05. The summed E-state index contributed by atoms with van der Waals surface area (Å²) in [6.07, 6.45) is 1.39. The van der Waals surface area contributed by atoms with Crippen LogP contribution in [0.4, 0.5) is 0 Å². The topological polar surface area (TPSA) is 99.8 Å². The Morgan fingerprint density at radius 3 is 2.05 bits per heavy atom. The molecule has 0 saturated heterocycles. The molecule has 19 heavy (non-hydrogen) atoms. The lowest BCUT2D eigenvalue weighted by atomic mass is 9.84. The second kappa shape index (κ2) is 4.64. The molecule has 2 heterocycles. The van der Waals surface area contributed by atoms with Crippen LogP contribution in [0.2, 0.25) is 0 Å². The van der Waals surface area contributed by atoms with E-state index in [1.165, 1.54) is 6.26 Å². The van der Waals surface area contributed by atoms with Crippen molar-refractivity contribution in [1.29, 1.82) is 0 Å². The molecule has 0 spiro atoms. The van der Waals surface area contributed by atoms with E-state index in [4.69, 9.17) is 4.42 Å². The number of carbonyl (C=O) groups is 2. The van der Waals surface area contributed by atoms with Crippen LogP contribution in [0.15, 0.2) is 45.4 Å². The molecule has 0 saturated carbocycles. The predicted molar refractivity (Wildman–Crippen MR) is 65.3 cm³/mol. The molecule has 0 aliphatic carbocycles. The fraction of sp³-hybridized carbons (Fsp3) is 0.231. The van der Waals surface area contributed by atoms with Crippen LogP contribution in [0.5, 0.6) is 0 Å². The Morgan fingerprint density at radius 2 is 1.68 bits per heavy atom. The summed E-state index contributed by atoms with van der Waals surface area (Å²) in [7, 11) is 0. The van der Waals surface area contributed by atoms with E-state index in [0.29, 0.717) is 17.2 Å². The second-order valence-electron chi connectivity index (χ2n) is 4.26. The standard InChI is InChI=1S/C13H13NO5/c1-6-9(12(15)16)11(8-4-3-5-19-8)10(13(17)18)7(2)14-6/h3-5,11,14H,1-2H3,(H,15,16)(H,17,18). The molecule has 0 unspecified atom stereocenters. The van der Waals surface area contributed by atoms with Crippen molar-refractivity contribution in [3.8, 4) is 0 Å². The number of hydrogen-bond donors (Lipinski definition) is 3. The highest BCUT2D eigenvalue weighted by molar-refractivity contribution is 5.98. The second-order valence-corrected chi connectivity index (χ2v) is 4.26. The number of allylic oxidation sites excluding steroid dienone is 2. The molecule has 2 rings (SSSR count). The van der Waals surface area contributed by atoms with Crippen molar-refractivity contribution in [1.82, 2.24) is 5.32 Å². The van der Waals surface area contributed by atoms with E-state index < -0.39 is 17.9 Å².